The van der Waals surface area contributed by atoms with Gasteiger partial charge < -0.3 is 10.2 Å². The topological polar surface area (TPSA) is 45.2 Å². The highest BCUT2D eigenvalue weighted by Gasteiger charge is 2.14. The van der Waals surface area contributed by atoms with Crippen LogP contribution in [0.1, 0.15) is 21.6 Å². The second kappa shape index (κ2) is 6.72. The second-order valence-electron chi connectivity index (χ2n) is 4.89. The van der Waals surface area contributed by atoms with Crippen molar-refractivity contribution in [2.75, 3.05) is 19.4 Å². The van der Waals surface area contributed by atoms with Gasteiger partial charge in [0.05, 0.1) is 0 Å². The van der Waals surface area contributed by atoms with Crippen LogP contribution in [0.25, 0.3) is 0 Å². The van der Waals surface area contributed by atoms with Crippen LogP contribution in [-0.4, -0.2) is 29.9 Å². The Balaban J connectivity index is 2.20. The highest BCUT2D eigenvalue weighted by molar-refractivity contribution is 9.10. The molecule has 0 aliphatic heterocycles. The predicted molar refractivity (Wildman–Crippen MR) is 88.5 cm³/mol. The average molecular weight is 348 g/mol. The summed E-state index contributed by atoms with van der Waals surface area (Å²) in [6.07, 6.45) is 0. The molecule has 1 heterocycles. The van der Waals surface area contributed by atoms with E-state index in [0.717, 1.165) is 15.7 Å². The van der Waals surface area contributed by atoms with Crippen molar-refractivity contribution in [2.24, 2.45) is 0 Å². The monoisotopic (exact) mass is 347 g/mol. The van der Waals surface area contributed by atoms with Crippen molar-refractivity contribution in [3.05, 3.63) is 57.7 Å². The Morgan fingerprint density at radius 2 is 2.05 bits per heavy atom. The predicted octanol–water partition coefficient (Wildman–Crippen LogP) is 3.47. The lowest BCUT2D eigenvalue weighted by Gasteiger charge is -2.18. The Labute approximate surface area is 133 Å². The zero-order chi connectivity index (χ0) is 15.4. The third kappa shape index (κ3) is 3.82. The largest absolute Gasteiger partial charge is 0.373 e. The SMILES string of the molecule is CNc1cc(C(=O)N(C)Cc2ccccc2Br)cc(C)n1. The summed E-state index contributed by atoms with van der Waals surface area (Å²) in [6.45, 7) is 2.43. The molecule has 110 valence electrons. The number of aromatic nitrogens is 1. The number of pyridine rings is 1. The number of hydrogen-bond donors (Lipinski definition) is 1. The number of nitrogens with zero attached hydrogens (tertiary/aromatic N) is 2. The molecular weight excluding hydrogens is 330 g/mol. The van der Waals surface area contributed by atoms with Gasteiger partial charge in [0.1, 0.15) is 5.82 Å². The van der Waals surface area contributed by atoms with Crippen LogP contribution in [-0.2, 0) is 6.54 Å². The first-order chi connectivity index (χ1) is 10.0. The van der Waals surface area contributed by atoms with Gasteiger partial charge in [0.2, 0.25) is 0 Å². The summed E-state index contributed by atoms with van der Waals surface area (Å²) in [7, 11) is 3.59. The summed E-state index contributed by atoms with van der Waals surface area (Å²) < 4.78 is 1.01. The minimum Gasteiger partial charge on any atom is -0.373 e. The third-order valence-corrected chi connectivity index (χ3v) is 3.94. The summed E-state index contributed by atoms with van der Waals surface area (Å²) in [6, 6.07) is 11.5. The molecule has 1 aromatic carbocycles. The summed E-state index contributed by atoms with van der Waals surface area (Å²) in [5.41, 5.74) is 2.54. The standard InChI is InChI=1S/C16H18BrN3O/c1-11-8-13(9-15(18-2)19-11)16(21)20(3)10-12-6-4-5-7-14(12)17/h4-9H,10H2,1-3H3,(H,18,19). The van der Waals surface area contributed by atoms with E-state index in [-0.39, 0.29) is 5.91 Å². The van der Waals surface area contributed by atoms with Crippen molar-refractivity contribution in [3.8, 4) is 0 Å². The Morgan fingerprint density at radius 3 is 2.71 bits per heavy atom. The van der Waals surface area contributed by atoms with Gasteiger partial charge in [-0.3, -0.25) is 4.79 Å². The molecule has 21 heavy (non-hydrogen) atoms. The van der Waals surface area contributed by atoms with Gasteiger partial charge in [-0.05, 0) is 30.7 Å². The molecule has 0 aliphatic rings. The third-order valence-electron chi connectivity index (χ3n) is 3.17. The van der Waals surface area contributed by atoms with Gasteiger partial charge in [0.25, 0.3) is 5.91 Å². The maximum Gasteiger partial charge on any atom is 0.254 e. The van der Waals surface area contributed by atoms with Crippen LogP contribution in [0, 0.1) is 6.92 Å². The fourth-order valence-electron chi connectivity index (χ4n) is 2.09. The molecule has 0 fully saturated rings. The molecule has 2 aromatic rings. The fourth-order valence-corrected chi connectivity index (χ4v) is 2.50. The smallest absolute Gasteiger partial charge is 0.254 e. The van der Waals surface area contributed by atoms with E-state index in [9.17, 15) is 4.79 Å². The van der Waals surface area contributed by atoms with E-state index in [2.05, 4.69) is 26.2 Å². The van der Waals surface area contributed by atoms with Gasteiger partial charge in [0.15, 0.2) is 0 Å². The first-order valence-corrected chi connectivity index (χ1v) is 7.46. The molecule has 4 nitrogen and oxygen atoms in total. The molecule has 5 heteroatoms. The summed E-state index contributed by atoms with van der Waals surface area (Å²) in [5, 5.41) is 2.97. The van der Waals surface area contributed by atoms with Crippen LogP contribution in [0.15, 0.2) is 40.9 Å². The van der Waals surface area contributed by atoms with E-state index in [1.165, 1.54) is 0 Å². The normalized spacial score (nSPS) is 10.3. The number of hydrogen-bond acceptors (Lipinski definition) is 3. The maximum absolute atomic E-state index is 12.5. The van der Waals surface area contributed by atoms with Crippen LogP contribution in [0.2, 0.25) is 0 Å². The zero-order valence-electron chi connectivity index (χ0n) is 12.4. The average Bonchev–Trinajstić information content (AvgIpc) is 2.48. The minimum atomic E-state index is -0.0206. The molecule has 0 bridgehead atoms. The molecule has 1 N–H and O–H groups in total. The van der Waals surface area contributed by atoms with Crippen molar-refractivity contribution < 1.29 is 4.79 Å². The van der Waals surface area contributed by atoms with E-state index in [1.54, 1.807) is 31.1 Å². The molecule has 0 saturated heterocycles. The molecule has 1 amide bonds. The first-order valence-electron chi connectivity index (χ1n) is 6.66. The van der Waals surface area contributed by atoms with Gasteiger partial charge in [0, 0.05) is 36.4 Å². The molecule has 0 spiro atoms. The Kier molecular flexibility index (Phi) is 4.96. The van der Waals surface area contributed by atoms with E-state index in [0.29, 0.717) is 17.9 Å². The summed E-state index contributed by atoms with van der Waals surface area (Å²) >= 11 is 3.51. The number of aryl methyl sites for hydroxylation is 1. The Morgan fingerprint density at radius 1 is 1.33 bits per heavy atom. The number of carbonyl (C=O) groups is 1. The van der Waals surface area contributed by atoms with Gasteiger partial charge in [-0.1, -0.05) is 34.1 Å². The van der Waals surface area contributed by atoms with Crippen molar-refractivity contribution in [1.82, 2.24) is 9.88 Å². The molecule has 0 atom stereocenters. The molecule has 0 aliphatic carbocycles. The van der Waals surface area contributed by atoms with Crippen LogP contribution in [0.4, 0.5) is 5.82 Å². The van der Waals surface area contributed by atoms with E-state index < -0.39 is 0 Å². The van der Waals surface area contributed by atoms with Crippen LogP contribution >= 0.6 is 15.9 Å². The summed E-state index contributed by atoms with van der Waals surface area (Å²) in [4.78, 5) is 18.5. The van der Waals surface area contributed by atoms with Gasteiger partial charge in [-0.2, -0.15) is 0 Å². The van der Waals surface area contributed by atoms with Crippen LogP contribution in [0.3, 0.4) is 0 Å². The number of amides is 1. The van der Waals surface area contributed by atoms with Crippen LogP contribution < -0.4 is 5.32 Å². The second-order valence-corrected chi connectivity index (χ2v) is 5.74. The summed E-state index contributed by atoms with van der Waals surface area (Å²) in [5.74, 6) is 0.681. The molecule has 1 aromatic heterocycles. The molecule has 2 rings (SSSR count). The quantitative estimate of drug-likeness (QED) is 0.920. The minimum absolute atomic E-state index is 0.0206. The number of benzene rings is 1. The lowest BCUT2D eigenvalue weighted by Crippen LogP contribution is -2.26. The van der Waals surface area contributed by atoms with Crippen molar-refractivity contribution in [3.63, 3.8) is 0 Å². The lowest BCUT2D eigenvalue weighted by atomic mass is 10.1. The van der Waals surface area contributed by atoms with Crippen molar-refractivity contribution in [2.45, 2.75) is 13.5 Å². The fraction of sp³-hybridized carbons (Fsp3) is 0.250. The number of anilines is 1. The number of rotatable bonds is 4. The molecule has 0 unspecified atom stereocenters. The zero-order valence-corrected chi connectivity index (χ0v) is 13.9. The Hall–Kier alpha value is -1.88. The Bertz CT molecular complexity index is 658. The molecule has 0 radical (unpaired) electrons. The highest BCUT2D eigenvalue weighted by Crippen LogP contribution is 2.19. The maximum atomic E-state index is 12.5. The van der Waals surface area contributed by atoms with E-state index in [4.69, 9.17) is 0 Å². The van der Waals surface area contributed by atoms with E-state index in [1.807, 2.05) is 31.2 Å². The number of nitrogens with one attached hydrogen (secondary N) is 1. The van der Waals surface area contributed by atoms with E-state index >= 15 is 0 Å². The van der Waals surface area contributed by atoms with Crippen molar-refractivity contribution in [1.29, 1.82) is 0 Å². The lowest BCUT2D eigenvalue weighted by molar-refractivity contribution is 0.0784. The van der Waals surface area contributed by atoms with Gasteiger partial charge in [-0.15, -0.1) is 0 Å². The van der Waals surface area contributed by atoms with Crippen molar-refractivity contribution >= 4 is 27.7 Å². The van der Waals surface area contributed by atoms with Gasteiger partial charge >= 0.3 is 0 Å². The number of halogens is 1. The molecular formula is C16H18BrN3O. The highest BCUT2D eigenvalue weighted by atomic mass is 79.9. The number of carbonyl (C=O) groups excluding carboxylic acids is 1. The van der Waals surface area contributed by atoms with Gasteiger partial charge in [-0.25, -0.2) is 4.98 Å². The molecule has 0 saturated carbocycles. The van der Waals surface area contributed by atoms with Crippen LogP contribution in [0.5, 0.6) is 0 Å². The first kappa shape index (κ1) is 15.5.